The van der Waals surface area contributed by atoms with Gasteiger partial charge in [-0.15, -0.1) is 0 Å². The Morgan fingerprint density at radius 3 is 2.79 bits per heavy atom. The van der Waals surface area contributed by atoms with Crippen molar-refractivity contribution in [1.29, 1.82) is 0 Å². The molecular formula is C22H33N3O3. The van der Waals surface area contributed by atoms with Crippen LogP contribution in [0.4, 0.5) is 0 Å². The molecule has 1 aromatic rings. The minimum absolute atomic E-state index is 0.286. The van der Waals surface area contributed by atoms with Crippen molar-refractivity contribution in [3.05, 3.63) is 34.9 Å². The van der Waals surface area contributed by atoms with Crippen LogP contribution in [-0.4, -0.2) is 54.2 Å². The molecule has 154 valence electrons. The average molecular weight is 388 g/mol. The zero-order chi connectivity index (χ0) is 19.8. The molecule has 0 radical (unpaired) electrons. The maximum atomic E-state index is 12.7. The van der Waals surface area contributed by atoms with Crippen molar-refractivity contribution in [2.75, 3.05) is 33.4 Å². The zero-order valence-electron chi connectivity index (χ0n) is 17.3. The van der Waals surface area contributed by atoms with E-state index in [1.165, 1.54) is 18.4 Å². The van der Waals surface area contributed by atoms with E-state index in [2.05, 4.69) is 11.1 Å². The van der Waals surface area contributed by atoms with Gasteiger partial charge in [0, 0.05) is 44.3 Å². The maximum Gasteiger partial charge on any atom is 0.226 e. The van der Waals surface area contributed by atoms with Crippen molar-refractivity contribution < 1.29 is 14.3 Å². The molecule has 0 bridgehead atoms. The van der Waals surface area contributed by atoms with E-state index in [0.29, 0.717) is 32.2 Å². The van der Waals surface area contributed by atoms with Crippen LogP contribution in [0.5, 0.6) is 0 Å². The molecular weight excluding hydrogens is 354 g/mol. The first-order valence-corrected chi connectivity index (χ1v) is 10.5. The molecule has 0 spiro atoms. The molecule has 1 aliphatic carbocycles. The van der Waals surface area contributed by atoms with Crippen molar-refractivity contribution >= 4 is 5.91 Å². The summed E-state index contributed by atoms with van der Waals surface area (Å²) in [4.78, 5) is 23.8. The number of nitrogens with zero attached hydrogens (tertiary/aromatic N) is 3. The number of allylic oxidation sites excluding steroid dienone is 1. The minimum atomic E-state index is 0.286. The highest BCUT2D eigenvalue weighted by Crippen LogP contribution is 2.30. The smallest absolute Gasteiger partial charge is 0.226 e. The van der Waals surface area contributed by atoms with Crippen molar-refractivity contribution in [3.8, 4) is 0 Å². The number of aromatic nitrogens is 2. The average Bonchev–Trinajstić information content (AvgIpc) is 2.73. The zero-order valence-corrected chi connectivity index (χ0v) is 17.3. The van der Waals surface area contributed by atoms with E-state index < -0.39 is 0 Å². The fourth-order valence-corrected chi connectivity index (χ4v) is 4.08. The Balaban J connectivity index is 1.55. The Morgan fingerprint density at radius 2 is 2.07 bits per heavy atom. The minimum Gasteiger partial charge on any atom is -0.382 e. The highest BCUT2D eigenvalue weighted by molar-refractivity contribution is 5.78. The largest absolute Gasteiger partial charge is 0.382 e. The third-order valence-electron chi connectivity index (χ3n) is 5.71. The predicted molar refractivity (Wildman–Crippen MR) is 108 cm³/mol. The van der Waals surface area contributed by atoms with Gasteiger partial charge in [-0.25, -0.2) is 9.97 Å². The topological polar surface area (TPSA) is 64.6 Å². The van der Waals surface area contributed by atoms with Gasteiger partial charge in [-0.2, -0.15) is 0 Å². The quantitative estimate of drug-likeness (QED) is 0.504. The molecule has 0 N–H and O–H groups in total. The molecule has 1 aliphatic heterocycles. The molecule has 1 amide bonds. The van der Waals surface area contributed by atoms with Gasteiger partial charge in [-0.05, 0) is 45.4 Å². The number of hydrogen-bond donors (Lipinski definition) is 0. The van der Waals surface area contributed by atoms with E-state index in [1.54, 1.807) is 7.11 Å². The number of rotatable bonds is 8. The van der Waals surface area contributed by atoms with Gasteiger partial charge >= 0.3 is 0 Å². The lowest BCUT2D eigenvalue weighted by atomic mass is 9.90. The van der Waals surface area contributed by atoms with Crippen LogP contribution in [0.1, 0.15) is 67.9 Å². The van der Waals surface area contributed by atoms with Gasteiger partial charge in [0.05, 0.1) is 25.5 Å². The number of ether oxygens (including phenoxy) is 2. The Kier molecular flexibility index (Phi) is 7.98. The van der Waals surface area contributed by atoms with Gasteiger partial charge < -0.3 is 14.4 Å². The second-order valence-electron chi connectivity index (χ2n) is 7.81. The Morgan fingerprint density at radius 1 is 1.25 bits per heavy atom. The summed E-state index contributed by atoms with van der Waals surface area (Å²) in [6, 6.07) is 0. The maximum absolute atomic E-state index is 12.7. The highest BCUT2D eigenvalue weighted by atomic mass is 16.5. The van der Waals surface area contributed by atoms with E-state index in [1.807, 2.05) is 18.0 Å². The standard InChI is InChI=1S/C22H33N3O3/c1-17-23-15-20(16-28-13-12-27-2)22(24-17)19-8-10-25(11-9-19)21(26)14-18-6-4-3-5-7-18/h6,15,19H,3-5,7-14,16H2,1-2H3. The first-order chi connectivity index (χ1) is 13.7. The van der Waals surface area contributed by atoms with E-state index >= 15 is 0 Å². The van der Waals surface area contributed by atoms with E-state index in [9.17, 15) is 4.79 Å². The molecule has 3 rings (SSSR count). The fourth-order valence-electron chi connectivity index (χ4n) is 4.08. The number of methoxy groups -OCH3 is 1. The second-order valence-corrected chi connectivity index (χ2v) is 7.81. The molecule has 6 heteroatoms. The van der Waals surface area contributed by atoms with Crippen molar-refractivity contribution in [3.63, 3.8) is 0 Å². The fraction of sp³-hybridized carbons (Fsp3) is 0.682. The summed E-state index contributed by atoms with van der Waals surface area (Å²) >= 11 is 0. The molecule has 0 saturated carbocycles. The van der Waals surface area contributed by atoms with Crippen LogP contribution in [0.3, 0.4) is 0 Å². The van der Waals surface area contributed by atoms with Gasteiger partial charge in [0.25, 0.3) is 0 Å². The first kappa shape index (κ1) is 20.9. The van der Waals surface area contributed by atoms with Gasteiger partial charge in [0.1, 0.15) is 5.82 Å². The van der Waals surface area contributed by atoms with Gasteiger partial charge in [-0.1, -0.05) is 11.6 Å². The molecule has 0 unspecified atom stereocenters. The molecule has 2 heterocycles. The lowest BCUT2D eigenvalue weighted by molar-refractivity contribution is -0.131. The van der Waals surface area contributed by atoms with Crippen LogP contribution >= 0.6 is 0 Å². The monoisotopic (exact) mass is 387 g/mol. The summed E-state index contributed by atoms with van der Waals surface area (Å²) in [6.07, 6.45) is 11.4. The third kappa shape index (κ3) is 5.85. The molecule has 0 aromatic carbocycles. The number of carbonyl (C=O) groups excluding carboxylic acids is 1. The number of hydrogen-bond acceptors (Lipinski definition) is 5. The summed E-state index contributed by atoms with van der Waals surface area (Å²) in [6.45, 7) is 5.20. The Bertz CT molecular complexity index is 682. The Labute approximate surface area is 168 Å². The van der Waals surface area contributed by atoms with E-state index in [4.69, 9.17) is 14.5 Å². The molecule has 2 aliphatic rings. The Hall–Kier alpha value is -1.79. The molecule has 1 saturated heterocycles. The van der Waals surface area contributed by atoms with E-state index in [-0.39, 0.29) is 5.91 Å². The number of carbonyl (C=O) groups is 1. The summed E-state index contributed by atoms with van der Waals surface area (Å²) in [5.41, 5.74) is 3.48. The summed E-state index contributed by atoms with van der Waals surface area (Å²) in [5, 5.41) is 0. The molecule has 1 aromatic heterocycles. The van der Waals surface area contributed by atoms with Crippen LogP contribution in [0, 0.1) is 6.92 Å². The van der Waals surface area contributed by atoms with Crippen LogP contribution in [-0.2, 0) is 20.9 Å². The van der Waals surface area contributed by atoms with Gasteiger partial charge in [-0.3, -0.25) is 4.79 Å². The second kappa shape index (κ2) is 10.7. The summed E-state index contributed by atoms with van der Waals surface area (Å²) in [5.74, 6) is 1.44. The van der Waals surface area contributed by atoms with E-state index in [0.717, 1.165) is 55.9 Å². The lowest BCUT2D eigenvalue weighted by Crippen LogP contribution is -2.38. The number of likely N-dealkylation sites (tertiary alicyclic amines) is 1. The number of aryl methyl sites for hydroxylation is 1. The molecule has 0 atom stereocenters. The van der Waals surface area contributed by atoms with Crippen molar-refractivity contribution in [2.45, 2.75) is 64.4 Å². The number of amides is 1. The molecule has 28 heavy (non-hydrogen) atoms. The molecule has 6 nitrogen and oxygen atoms in total. The SMILES string of the molecule is COCCOCc1cnc(C)nc1C1CCN(C(=O)CC2=CCCCC2)CC1. The predicted octanol–water partition coefficient (Wildman–Crippen LogP) is 3.54. The van der Waals surface area contributed by atoms with Crippen molar-refractivity contribution in [1.82, 2.24) is 14.9 Å². The van der Waals surface area contributed by atoms with Crippen LogP contribution < -0.4 is 0 Å². The molecule has 1 fully saturated rings. The highest BCUT2D eigenvalue weighted by Gasteiger charge is 2.27. The van der Waals surface area contributed by atoms with Gasteiger partial charge in [0.15, 0.2) is 0 Å². The van der Waals surface area contributed by atoms with Crippen molar-refractivity contribution in [2.24, 2.45) is 0 Å². The van der Waals surface area contributed by atoms with Crippen LogP contribution in [0.25, 0.3) is 0 Å². The lowest BCUT2D eigenvalue weighted by Gasteiger charge is -2.33. The van der Waals surface area contributed by atoms with Crippen LogP contribution in [0.15, 0.2) is 17.8 Å². The first-order valence-electron chi connectivity index (χ1n) is 10.5. The third-order valence-corrected chi connectivity index (χ3v) is 5.71. The van der Waals surface area contributed by atoms with Gasteiger partial charge in [0.2, 0.25) is 5.91 Å². The normalized spacial score (nSPS) is 18.2. The summed E-state index contributed by atoms with van der Waals surface area (Å²) in [7, 11) is 1.67. The number of piperidine rings is 1. The summed E-state index contributed by atoms with van der Waals surface area (Å²) < 4.78 is 10.7. The van der Waals surface area contributed by atoms with Crippen LogP contribution in [0.2, 0.25) is 0 Å².